The van der Waals surface area contributed by atoms with Crippen molar-refractivity contribution in [3.8, 4) is 28.4 Å². The van der Waals surface area contributed by atoms with Gasteiger partial charge in [0, 0.05) is 50.3 Å². The minimum absolute atomic E-state index is 0.0506. The smallest absolute Gasteiger partial charge is 0.306 e. The number of piperidine rings is 1. The van der Waals surface area contributed by atoms with Crippen molar-refractivity contribution in [1.29, 1.82) is 0 Å². The molecule has 0 unspecified atom stereocenters. The first-order valence-electron chi connectivity index (χ1n) is 12.7. The number of imidazole rings is 1. The molecule has 0 saturated carbocycles. The van der Waals surface area contributed by atoms with Crippen LogP contribution in [0.2, 0.25) is 0 Å². The maximum atomic E-state index is 13.1. The van der Waals surface area contributed by atoms with Gasteiger partial charge in [-0.2, -0.15) is 14.4 Å². The van der Waals surface area contributed by atoms with Crippen LogP contribution in [0.1, 0.15) is 19.8 Å². The highest BCUT2D eigenvalue weighted by Gasteiger charge is 2.32. The van der Waals surface area contributed by atoms with Crippen LogP contribution in [0.15, 0.2) is 70.7 Å². The van der Waals surface area contributed by atoms with Crippen LogP contribution in [0.3, 0.4) is 0 Å². The Morgan fingerprint density at radius 1 is 1.18 bits per heavy atom. The largest absolute Gasteiger partial charge is 0.494 e. The number of nitrogens with zero attached hydrogens (tertiary/aromatic N) is 7. The van der Waals surface area contributed by atoms with Gasteiger partial charge >= 0.3 is 5.84 Å². The van der Waals surface area contributed by atoms with Crippen molar-refractivity contribution >= 4 is 21.8 Å². The normalized spacial score (nSPS) is 16.5. The van der Waals surface area contributed by atoms with Gasteiger partial charge in [0.1, 0.15) is 23.4 Å². The van der Waals surface area contributed by atoms with E-state index in [0.29, 0.717) is 49.3 Å². The predicted molar refractivity (Wildman–Crippen MR) is 144 cm³/mol. The van der Waals surface area contributed by atoms with E-state index in [1.165, 1.54) is 15.1 Å². The number of benzene rings is 1. The van der Waals surface area contributed by atoms with Crippen molar-refractivity contribution in [2.24, 2.45) is 7.05 Å². The molecule has 6 rings (SSSR count). The van der Waals surface area contributed by atoms with Crippen molar-refractivity contribution in [3.05, 3.63) is 61.3 Å². The summed E-state index contributed by atoms with van der Waals surface area (Å²) in [7, 11) is -1.99. The number of hydrogen-bond acceptors (Lipinski definition) is 9. The quantitative estimate of drug-likeness (QED) is 0.310. The van der Waals surface area contributed by atoms with Gasteiger partial charge in [-0.1, -0.05) is 12.1 Å². The maximum absolute atomic E-state index is 13.1. The van der Waals surface area contributed by atoms with Crippen LogP contribution in [0.5, 0.6) is 5.75 Å². The Morgan fingerprint density at radius 3 is 2.90 bits per heavy atom. The lowest BCUT2D eigenvalue weighted by Gasteiger charge is -2.31. The SMILES string of the molecule is CCOc1cccc(-c2nc3occn3c2-c2ccnc(N[C@@H]3CCCN(S(=O)(=O)c4ccn(C)n4)C3)n2)c1. The Hall–Kier alpha value is -4.23. The standard InChI is InChI=1S/C26H28N8O4S/c1-3-37-20-8-4-6-18(16-20)23-24(34-14-15-38-26(34)30-23)21-9-11-27-25(29-21)28-19-7-5-12-33(17-19)39(35,36)22-10-13-32(2)31-22/h4,6,8-11,13-16,19H,3,5,7,12,17H2,1-2H3,(H,27,28,29)/t19-/m1/s1. The van der Waals surface area contributed by atoms with E-state index < -0.39 is 10.0 Å². The van der Waals surface area contributed by atoms with Gasteiger partial charge in [-0.25, -0.2) is 18.4 Å². The summed E-state index contributed by atoms with van der Waals surface area (Å²) in [5.41, 5.74) is 2.96. The summed E-state index contributed by atoms with van der Waals surface area (Å²) in [5, 5.41) is 7.49. The number of anilines is 1. The van der Waals surface area contributed by atoms with Gasteiger partial charge < -0.3 is 14.5 Å². The number of aromatic nitrogens is 6. The van der Waals surface area contributed by atoms with Crippen LogP contribution >= 0.6 is 0 Å². The highest BCUT2D eigenvalue weighted by Crippen LogP contribution is 2.34. The molecular weight excluding hydrogens is 520 g/mol. The third-order valence-electron chi connectivity index (χ3n) is 6.59. The highest BCUT2D eigenvalue weighted by molar-refractivity contribution is 7.89. The molecule has 0 aliphatic carbocycles. The van der Waals surface area contributed by atoms with E-state index in [1.807, 2.05) is 41.7 Å². The van der Waals surface area contributed by atoms with Gasteiger partial charge in [-0.3, -0.25) is 9.08 Å². The van der Waals surface area contributed by atoms with Crippen molar-refractivity contribution in [1.82, 2.24) is 33.4 Å². The zero-order chi connectivity index (χ0) is 27.0. The maximum Gasteiger partial charge on any atom is 0.306 e. The molecule has 0 radical (unpaired) electrons. The lowest BCUT2D eigenvalue weighted by atomic mass is 10.1. The second-order valence-electron chi connectivity index (χ2n) is 9.27. The third-order valence-corrected chi connectivity index (χ3v) is 8.35. The molecule has 1 atom stereocenters. The molecule has 0 amide bonds. The van der Waals surface area contributed by atoms with Crippen molar-refractivity contribution in [3.63, 3.8) is 0 Å². The molecule has 5 aromatic rings. The van der Waals surface area contributed by atoms with Crippen LogP contribution in [0.4, 0.5) is 5.95 Å². The molecule has 0 spiro atoms. The van der Waals surface area contributed by atoms with Crippen molar-refractivity contribution in [2.45, 2.75) is 30.8 Å². The van der Waals surface area contributed by atoms with Crippen LogP contribution in [0, 0.1) is 0 Å². The van der Waals surface area contributed by atoms with Gasteiger partial charge in [0.2, 0.25) is 5.95 Å². The average molecular weight is 549 g/mol. The van der Waals surface area contributed by atoms with Crippen LogP contribution in [-0.4, -0.2) is 67.6 Å². The lowest BCUT2D eigenvalue weighted by molar-refractivity contribution is 0.325. The molecule has 0 bridgehead atoms. The van der Waals surface area contributed by atoms with E-state index in [-0.39, 0.29) is 11.1 Å². The highest BCUT2D eigenvalue weighted by atomic mass is 32.2. The minimum Gasteiger partial charge on any atom is -0.494 e. The van der Waals surface area contributed by atoms with Gasteiger partial charge in [0.25, 0.3) is 10.0 Å². The molecular formula is C26H28N8O4S. The molecule has 1 aliphatic rings. The lowest BCUT2D eigenvalue weighted by Crippen LogP contribution is -2.45. The number of hydrogen-bond donors (Lipinski definition) is 1. The molecule has 1 aliphatic heterocycles. The summed E-state index contributed by atoms with van der Waals surface area (Å²) in [6.07, 6.45) is 8.17. The van der Waals surface area contributed by atoms with E-state index in [2.05, 4.69) is 15.4 Å². The molecule has 39 heavy (non-hydrogen) atoms. The summed E-state index contributed by atoms with van der Waals surface area (Å²) in [6, 6.07) is 10.9. The van der Waals surface area contributed by atoms with E-state index in [4.69, 9.17) is 19.1 Å². The van der Waals surface area contributed by atoms with E-state index in [9.17, 15) is 8.42 Å². The second kappa shape index (κ2) is 10.2. The van der Waals surface area contributed by atoms with Crippen LogP contribution in [0.25, 0.3) is 28.5 Å². The molecule has 4 aromatic heterocycles. The molecule has 5 heterocycles. The van der Waals surface area contributed by atoms with Gasteiger partial charge in [0.15, 0.2) is 5.03 Å². The summed E-state index contributed by atoms with van der Waals surface area (Å²) >= 11 is 0. The van der Waals surface area contributed by atoms with Crippen molar-refractivity contribution in [2.75, 3.05) is 25.0 Å². The number of oxazole rings is 1. The average Bonchev–Trinajstić information content (AvgIpc) is 3.66. The number of fused-ring (bicyclic) bond motifs is 1. The van der Waals surface area contributed by atoms with Gasteiger partial charge in [0.05, 0.1) is 12.3 Å². The molecule has 202 valence electrons. The number of rotatable bonds is 8. The zero-order valence-electron chi connectivity index (χ0n) is 21.6. The Morgan fingerprint density at radius 2 is 2.08 bits per heavy atom. The second-order valence-corrected chi connectivity index (χ2v) is 11.1. The Balaban J connectivity index is 1.29. The van der Waals surface area contributed by atoms with Gasteiger partial charge in [-0.05, 0) is 44.0 Å². The van der Waals surface area contributed by atoms with E-state index in [0.717, 1.165) is 23.4 Å². The monoisotopic (exact) mass is 548 g/mol. The molecule has 13 heteroatoms. The first kappa shape index (κ1) is 25.1. The topological polar surface area (TPSA) is 133 Å². The van der Waals surface area contributed by atoms with Crippen LogP contribution in [-0.2, 0) is 17.1 Å². The fourth-order valence-electron chi connectivity index (χ4n) is 4.82. The fraction of sp³-hybridized carbons (Fsp3) is 0.308. The fourth-order valence-corrected chi connectivity index (χ4v) is 6.29. The van der Waals surface area contributed by atoms with E-state index >= 15 is 0 Å². The zero-order valence-corrected chi connectivity index (χ0v) is 22.4. The molecule has 12 nitrogen and oxygen atoms in total. The number of aryl methyl sites for hydroxylation is 1. The first-order chi connectivity index (χ1) is 18.9. The molecule has 1 aromatic carbocycles. The molecule has 1 N–H and O–H groups in total. The Kier molecular flexibility index (Phi) is 6.53. The summed E-state index contributed by atoms with van der Waals surface area (Å²) in [4.78, 5) is 13.9. The molecule has 1 fully saturated rings. The van der Waals surface area contributed by atoms with E-state index in [1.54, 1.807) is 31.9 Å². The summed E-state index contributed by atoms with van der Waals surface area (Å²) in [6.45, 7) is 3.23. The number of sulfonamides is 1. The summed E-state index contributed by atoms with van der Waals surface area (Å²) < 4.78 is 42.3. The molecule has 1 saturated heterocycles. The predicted octanol–water partition coefficient (Wildman–Crippen LogP) is 3.45. The summed E-state index contributed by atoms with van der Waals surface area (Å²) in [5.74, 6) is 1.60. The minimum atomic E-state index is -3.68. The first-order valence-corrected chi connectivity index (χ1v) is 14.1. The Bertz CT molecular complexity index is 1720. The Labute approximate surface area is 225 Å². The number of ether oxygens (including phenoxy) is 1. The van der Waals surface area contributed by atoms with Crippen molar-refractivity contribution < 1.29 is 17.6 Å². The van der Waals surface area contributed by atoms with Crippen LogP contribution < -0.4 is 10.1 Å². The van der Waals surface area contributed by atoms with Gasteiger partial charge in [-0.15, -0.1) is 0 Å². The third kappa shape index (κ3) is 4.86. The number of nitrogens with one attached hydrogen (secondary N) is 1.